The Morgan fingerprint density at radius 1 is 1.15 bits per heavy atom. The average molecular weight is 289 g/mol. The molecule has 1 aliphatic rings. The third-order valence-electron chi connectivity index (χ3n) is 3.73. The van der Waals surface area contributed by atoms with Gasteiger partial charge in [-0.05, 0) is 55.5 Å². The number of nitrogens with two attached hydrogens (primary N) is 1. The molecule has 20 heavy (non-hydrogen) atoms. The van der Waals surface area contributed by atoms with E-state index >= 15 is 0 Å². The molecule has 2 nitrogen and oxygen atoms in total. The summed E-state index contributed by atoms with van der Waals surface area (Å²) in [6, 6.07) is 6.25. The van der Waals surface area contributed by atoms with E-state index in [2.05, 4.69) is 0 Å². The second-order valence-electron chi connectivity index (χ2n) is 5.19. The van der Waals surface area contributed by atoms with Crippen LogP contribution in [0.2, 0.25) is 0 Å². The number of carbonyl (C=O) groups is 1. The van der Waals surface area contributed by atoms with E-state index in [4.69, 9.17) is 5.73 Å². The van der Waals surface area contributed by atoms with Crippen molar-refractivity contribution in [2.45, 2.75) is 32.1 Å². The van der Waals surface area contributed by atoms with Gasteiger partial charge in [-0.3, -0.25) is 4.79 Å². The zero-order valence-electron chi connectivity index (χ0n) is 11.1. The first-order valence-corrected chi connectivity index (χ1v) is 7.68. The molecule has 2 N–H and O–H groups in total. The number of rotatable bonds is 2. The number of hydrogen-bond acceptors (Lipinski definition) is 3. The molecular formula is C16H16FNOS. The largest absolute Gasteiger partial charge is 0.396 e. The van der Waals surface area contributed by atoms with Crippen LogP contribution in [0, 0.1) is 5.82 Å². The minimum atomic E-state index is -0.533. The van der Waals surface area contributed by atoms with Crippen LogP contribution in [0.4, 0.5) is 10.1 Å². The predicted molar refractivity (Wildman–Crippen MR) is 79.8 cm³/mol. The van der Waals surface area contributed by atoms with Crippen molar-refractivity contribution in [3.8, 4) is 0 Å². The lowest BCUT2D eigenvalue weighted by molar-refractivity contribution is 0.104. The van der Waals surface area contributed by atoms with Crippen LogP contribution in [-0.2, 0) is 12.8 Å². The van der Waals surface area contributed by atoms with E-state index in [0.717, 1.165) is 12.8 Å². The minimum Gasteiger partial charge on any atom is -0.396 e. The number of fused-ring (bicyclic) bond motifs is 1. The highest BCUT2D eigenvalue weighted by atomic mass is 32.1. The molecule has 0 amide bonds. The summed E-state index contributed by atoms with van der Waals surface area (Å²) in [5.74, 6) is -0.643. The molecule has 1 aliphatic carbocycles. The molecule has 1 heterocycles. The molecule has 4 heteroatoms. The number of halogens is 1. The zero-order chi connectivity index (χ0) is 14.1. The van der Waals surface area contributed by atoms with Crippen LogP contribution < -0.4 is 5.73 Å². The molecule has 2 aromatic rings. The SMILES string of the molecule is Nc1ccc(C(=O)c2cc3c(s2)CCCCC3)cc1F. The molecule has 0 unspecified atom stereocenters. The second-order valence-corrected chi connectivity index (χ2v) is 6.32. The number of ketones is 1. The molecule has 0 fully saturated rings. The Bertz CT molecular complexity index is 639. The number of benzene rings is 1. The van der Waals surface area contributed by atoms with Gasteiger partial charge in [-0.1, -0.05) is 6.42 Å². The lowest BCUT2D eigenvalue weighted by Crippen LogP contribution is -2.01. The fourth-order valence-electron chi connectivity index (χ4n) is 2.59. The summed E-state index contributed by atoms with van der Waals surface area (Å²) in [5.41, 5.74) is 7.18. The van der Waals surface area contributed by atoms with Gasteiger partial charge in [-0.2, -0.15) is 0 Å². The molecule has 104 valence electrons. The summed E-state index contributed by atoms with van der Waals surface area (Å²) >= 11 is 1.56. The Morgan fingerprint density at radius 3 is 2.75 bits per heavy atom. The van der Waals surface area contributed by atoms with Crippen LogP contribution in [0.5, 0.6) is 0 Å². The molecule has 3 rings (SSSR count). The summed E-state index contributed by atoms with van der Waals surface area (Å²) in [6.07, 6.45) is 5.75. The molecular weight excluding hydrogens is 273 g/mol. The van der Waals surface area contributed by atoms with Crippen molar-refractivity contribution in [3.05, 3.63) is 51.0 Å². The standard InChI is InChI=1S/C16H16FNOS/c17-12-8-11(6-7-13(12)18)16(19)15-9-10-4-2-1-3-5-14(10)20-15/h6-9H,1-5,18H2. The predicted octanol–water partition coefficient (Wildman–Crippen LogP) is 3.97. The molecule has 0 saturated carbocycles. The molecule has 1 aromatic carbocycles. The number of thiophene rings is 1. The van der Waals surface area contributed by atoms with E-state index in [0.29, 0.717) is 10.4 Å². The van der Waals surface area contributed by atoms with Gasteiger partial charge in [0.2, 0.25) is 5.78 Å². The third-order valence-corrected chi connectivity index (χ3v) is 4.97. The fraction of sp³-hybridized carbons (Fsp3) is 0.312. The monoisotopic (exact) mass is 289 g/mol. The Morgan fingerprint density at radius 2 is 1.95 bits per heavy atom. The number of anilines is 1. The van der Waals surface area contributed by atoms with Gasteiger partial charge < -0.3 is 5.73 Å². The maximum atomic E-state index is 13.5. The van der Waals surface area contributed by atoms with E-state index in [9.17, 15) is 9.18 Å². The highest BCUT2D eigenvalue weighted by molar-refractivity contribution is 7.14. The van der Waals surface area contributed by atoms with E-state index in [1.807, 2.05) is 6.07 Å². The minimum absolute atomic E-state index is 0.0727. The summed E-state index contributed by atoms with van der Waals surface area (Å²) in [4.78, 5) is 14.4. The number of carbonyl (C=O) groups excluding carboxylic acids is 1. The molecule has 1 aromatic heterocycles. The van der Waals surface area contributed by atoms with E-state index in [1.165, 1.54) is 41.8 Å². The quantitative estimate of drug-likeness (QED) is 0.516. The maximum Gasteiger partial charge on any atom is 0.203 e. The summed E-state index contributed by atoms with van der Waals surface area (Å²) < 4.78 is 13.5. The van der Waals surface area contributed by atoms with Gasteiger partial charge in [0.05, 0.1) is 10.6 Å². The normalized spacial score (nSPS) is 14.7. The topological polar surface area (TPSA) is 43.1 Å². The second kappa shape index (κ2) is 5.37. The van der Waals surface area contributed by atoms with Crippen LogP contribution in [0.25, 0.3) is 0 Å². The Balaban J connectivity index is 1.92. The van der Waals surface area contributed by atoms with E-state index in [1.54, 1.807) is 17.4 Å². The van der Waals surface area contributed by atoms with Crippen molar-refractivity contribution in [2.24, 2.45) is 0 Å². The van der Waals surface area contributed by atoms with Crippen molar-refractivity contribution >= 4 is 22.8 Å². The van der Waals surface area contributed by atoms with Crippen molar-refractivity contribution in [2.75, 3.05) is 5.73 Å². The Kier molecular flexibility index (Phi) is 3.57. The lowest BCUT2D eigenvalue weighted by Gasteiger charge is -2.01. The lowest BCUT2D eigenvalue weighted by atomic mass is 10.1. The highest BCUT2D eigenvalue weighted by Gasteiger charge is 2.18. The van der Waals surface area contributed by atoms with E-state index in [-0.39, 0.29) is 11.5 Å². The summed E-state index contributed by atoms with van der Waals surface area (Å²) in [5, 5.41) is 0. The Labute approximate surface area is 121 Å². The third kappa shape index (κ3) is 2.48. The van der Waals surface area contributed by atoms with Gasteiger partial charge in [0.15, 0.2) is 0 Å². The highest BCUT2D eigenvalue weighted by Crippen LogP contribution is 2.30. The zero-order valence-corrected chi connectivity index (χ0v) is 11.9. The number of nitrogen functional groups attached to an aromatic ring is 1. The van der Waals surface area contributed by atoms with E-state index < -0.39 is 5.82 Å². The first-order chi connectivity index (χ1) is 9.65. The summed E-state index contributed by atoms with van der Waals surface area (Å²) in [6.45, 7) is 0. The van der Waals surface area contributed by atoms with Crippen molar-refractivity contribution in [1.82, 2.24) is 0 Å². The average Bonchev–Trinajstić information content (AvgIpc) is 2.72. The van der Waals surface area contributed by atoms with Crippen molar-refractivity contribution in [3.63, 3.8) is 0 Å². The molecule has 0 bridgehead atoms. The maximum absolute atomic E-state index is 13.5. The van der Waals surface area contributed by atoms with Crippen LogP contribution in [0.3, 0.4) is 0 Å². The van der Waals surface area contributed by atoms with Crippen LogP contribution in [-0.4, -0.2) is 5.78 Å². The van der Waals surface area contributed by atoms with Gasteiger partial charge in [-0.15, -0.1) is 11.3 Å². The first kappa shape index (κ1) is 13.3. The van der Waals surface area contributed by atoms with Crippen LogP contribution in [0.15, 0.2) is 24.3 Å². The van der Waals surface area contributed by atoms with Gasteiger partial charge in [0.1, 0.15) is 5.82 Å². The van der Waals surface area contributed by atoms with Gasteiger partial charge in [0.25, 0.3) is 0 Å². The fourth-order valence-corrected chi connectivity index (χ4v) is 3.81. The molecule has 0 aliphatic heterocycles. The molecule has 0 radical (unpaired) electrons. The number of hydrogen-bond donors (Lipinski definition) is 1. The smallest absolute Gasteiger partial charge is 0.203 e. The van der Waals surface area contributed by atoms with Crippen LogP contribution in [0.1, 0.15) is 44.9 Å². The molecule has 0 saturated heterocycles. The van der Waals surface area contributed by atoms with Gasteiger partial charge in [-0.25, -0.2) is 4.39 Å². The Hall–Kier alpha value is -1.68. The first-order valence-electron chi connectivity index (χ1n) is 6.86. The summed E-state index contributed by atoms with van der Waals surface area (Å²) in [7, 11) is 0. The van der Waals surface area contributed by atoms with Gasteiger partial charge >= 0.3 is 0 Å². The van der Waals surface area contributed by atoms with Gasteiger partial charge in [0, 0.05) is 10.4 Å². The van der Waals surface area contributed by atoms with Crippen LogP contribution >= 0.6 is 11.3 Å². The molecule has 0 atom stereocenters. The van der Waals surface area contributed by atoms with Crippen molar-refractivity contribution < 1.29 is 9.18 Å². The number of aryl methyl sites for hydroxylation is 2. The van der Waals surface area contributed by atoms with Crippen molar-refractivity contribution in [1.29, 1.82) is 0 Å². The molecule has 0 spiro atoms.